The molecule has 4 atom stereocenters. The van der Waals surface area contributed by atoms with Gasteiger partial charge in [0.2, 0.25) is 5.91 Å². The van der Waals surface area contributed by atoms with Gasteiger partial charge in [0.25, 0.3) is 15.9 Å². The number of piperazine rings is 1. The number of benzene rings is 2. The minimum atomic E-state index is -3.95. The highest BCUT2D eigenvalue weighted by Gasteiger charge is 2.65. The van der Waals surface area contributed by atoms with Crippen molar-refractivity contribution in [3.05, 3.63) is 65.1 Å². The molecule has 242 valence electrons. The number of likely N-dealkylation sites (N-methyl/N-ethyl adjacent to an activating group) is 1. The van der Waals surface area contributed by atoms with Gasteiger partial charge in [-0.2, -0.15) is 0 Å². The van der Waals surface area contributed by atoms with Crippen LogP contribution in [0.1, 0.15) is 84.7 Å². The zero-order chi connectivity index (χ0) is 32.0. The summed E-state index contributed by atoms with van der Waals surface area (Å²) in [5.74, 6) is 0.782. The summed E-state index contributed by atoms with van der Waals surface area (Å²) < 4.78 is 34.6. The number of nitrogens with zero attached hydrogens (tertiary/aromatic N) is 3. The number of aromatic nitrogens is 1. The summed E-state index contributed by atoms with van der Waals surface area (Å²) in [5.41, 5.74) is 5.27. The average molecular weight is 643 g/mol. The predicted octanol–water partition coefficient (Wildman–Crippen LogP) is 5.36. The Morgan fingerprint density at radius 2 is 1.76 bits per heavy atom. The van der Waals surface area contributed by atoms with Gasteiger partial charge in [0.1, 0.15) is 5.75 Å². The van der Waals surface area contributed by atoms with Gasteiger partial charge in [0.15, 0.2) is 0 Å². The van der Waals surface area contributed by atoms with Gasteiger partial charge in [-0.1, -0.05) is 31.9 Å². The molecule has 2 aromatic carbocycles. The van der Waals surface area contributed by atoms with Crippen molar-refractivity contribution in [1.29, 1.82) is 0 Å². The normalized spacial score (nSPS) is 27.3. The number of carbonyl (C=O) groups is 2. The molecule has 3 aliphatic heterocycles. The predicted molar refractivity (Wildman–Crippen MR) is 177 cm³/mol. The number of methoxy groups -OCH3 is 1. The van der Waals surface area contributed by atoms with Crippen molar-refractivity contribution in [1.82, 2.24) is 19.1 Å². The zero-order valence-electron chi connectivity index (χ0n) is 26.6. The fourth-order valence-electron chi connectivity index (χ4n) is 9.35. The molecule has 2 amide bonds. The molecule has 0 spiro atoms. The topological polar surface area (TPSA) is 101 Å². The van der Waals surface area contributed by atoms with Crippen LogP contribution in [-0.4, -0.2) is 73.9 Å². The number of sulfonamides is 1. The van der Waals surface area contributed by atoms with Crippen molar-refractivity contribution in [2.75, 3.05) is 27.2 Å². The molecule has 2 bridgehead atoms. The van der Waals surface area contributed by atoms with E-state index in [0.29, 0.717) is 12.5 Å². The smallest absolute Gasteiger partial charge is 0.265 e. The molecule has 1 aromatic heterocycles. The van der Waals surface area contributed by atoms with Crippen LogP contribution in [0, 0.1) is 5.41 Å². The molecule has 0 radical (unpaired) electrons. The second kappa shape index (κ2) is 10.7. The van der Waals surface area contributed by atoms with Crippen molar-refractivity contribution >= 4 is 32.7 Å². The summed E-state index contributed by atoms with van der Waals surface area (Å²) >= 11 is 0. The third kappa shape index (κ3) is 4.54. The summed E-state index contributed by atoms with van der Waals surface area (Å²) in [7, 11) is -0.113. The molecular weight excluding hydrogens is 600 g/mol. The van der Waals surface area contributed by atoms with E-state index in [-0.39, 0.29) is 29.5 Å². The van der Waals surface area contributed by atoms with Gasteiger partial charge in [0.05, 0.1) is 18.2 Å². The van der Waals surface area contributed by atoms with E-state index in [1.165, 1.54) is 30.4 Å². The molecule has 3 aromatic rings. The van der Waals surface area contributed by atoms with Gasteiger partial charge in [0, 0.05) is 65.1 Å². The minimum Gasteiger partial charge on any atom is -0.497 e. The zero-order valence-corrected chi connectivity index (χ0v) is 27.4. The standard InChI is InChI=1S/C36H42N4O5S/c1-4-46(43,44)37-34(41)23-10-14-28-31(16-23)39-21-36(35(42)40-24-11-12-25(40)20-38(2)19-24)18-30(36)29-17-26(45-3)13-15-27(29)33(39)32(28)22-8-6-5-7-9-22/h4,10,13-17,22,24-25,30H,1,5-9,11-12,18-21H2,2-3H3,(H,37,41). The van der Waals surface area contributed by atoms with Gasteiger partial charge in [-0.15, -0.1) is 0 Å². The van der Waals surface area contributed by atoms with Crippen LogP contribution < -0.4 is 9.46 Å². The first-order valence-corrected chi connectivity index (χ1v) is 18.2. The maximum Gasteiger partial charge on any atom is 0.265 e. The van der Waals surface area contributed by atoms with Crippen LogP contribution in [0.3, 0.4) is 0 Å². The quantitative estimate of drug-likeness (QED) is 0.389. The molecule has 2 aliphatic carbocycles. The van der Waals surface area contributed by atoms with E-state index in [0.717, 1.165) is 78.5 Å². The Hall–Kier alpha value is -3.63. The van der Waals surface area contributed by atoms with Crippen molar-refractivity contribution in [2.45, 2.75) is 81.8 Å². The molecule has 46 heavy (non-hydrogen) atoms. The lowest BCUT2D eigenvalue weighted by Gasteiger charge is -2.41. The van der Waals surface area contributed by atoms with Gasteiger partial charge in [-0.3, -0.25) is 9.59 Å². The monoisotopic (exact) mass is 642 g/mol. The lowest BCUT2D eigenvalue weighted by Crippen LogP contribution is -2.57. The van der Waals surface area contributed by atoms with Crippen LogP contribution in [0.2, 0.25) is 0 Å². The van der Waals surface area contributed by atoms with E-state index in [9.17, 15) is 18.0 Å². The maximum absolute atomic E-state index is 14.9. The van der Waals surface area contributed by atoms with Crippen molar-refractivity contribution in [2.24, 2.45) is 5.41 Å². The molecule has 5 aliphatic rings. The number of fused-ring (bicyclic) bond motifs is 9. The van der Waals surface area contributed by atoms with Gasteiger partial charge < -0.3 is 19.1 Å². The Bertz CT molecular complexity index is 1880. The number of hydrogen-bond donors (Lipinski definition) is 1. The summed E-state index contributed by atoms with van der Waals surface area (Å²) in [4.78, 5) is 32.7. The molecule has 4 unspecified atom stereocenters. The first kappa shape index (κ1) is 29.8. The number of nitrogens with one attached hydrogen (secondary N) is 1. The summed E-state index contributed by atoms with van der Waals surface area (Å²) in [5, 5.41) is 1.82. The molecule has 4 heterocycles. The summed E-state index contributed by atoms with van der Waals surface area (Å²) in [6.07, 6.45) is 8.61. The third-order valence-corrected chi connectivity index (χ3v) is 12.5. The number of carbonyl (C=O) groups excluding carboxylic acids is 2. The number of rotatable bonds is 6. The van der Waals surface area contributed by atoms with E-state index in [1.807, 2.05) is 18.2 Å². The number of hydrogen-bond acceptors (Lipinski definition) is 6. The molecule has 9 nitrogen and oxygen atoms in total. The second-order valence-electron chi connectivity index (χ2n) is 14.2. The fraction of sp³-hybridized carbons (Fsp3) is 0.500. The Kier molecular flexibility index (Phi) is 6.92. The molecule has 2 saturated heterocycles. The molecule has 2 saturated carbocycles. The summed E-state index contributed by atoms with van der Waals surface area (Å²) in [6, 6.07) is 12.3. The number of likely N-dealkylation sites (tertiary alicyclic amines) is 1. The van der Waals surface area contributed by atoms with Gasteiger partial charge in [-0.25, -0.2) is 13.1 Å². The lowest BCUT2D eigenvalue weighted by molar-refractivity contribution is -0.143. The van der Waals surface area contributed by atoms with Crippen LogP contribution in [-0.2, 0) is 21.4 Å². The van der Waals surface area contributed by atoms with Crippen LogP contribution in [0.15, 0.2) is 48.4 Å². The highest BCUT2D eigenvalue weighted by molar-refractivity contribution is 7.92. The van der Waals surface area contributed by atoms with Crippen LogP contribution >= 0.6 is 0 Å². The van der Waals surface area contributed by atoms with Crippen LogP contribution in [0.4, 0.5) is 0 Å². The molecule has 1 N–H and O–H groups in total. The van der Waals surface area contributed by atoms with Gasteiger partial charge in [-0.05, 0) is 86.5 Å². The Labute approximate surface area is 270 Å². The van der Waals surface area contributed by atoms with E-state index in [4.69, 9.17) is 4.74 Å². The van der Waals surface area contributed by atoms with Crippen LogP contribution in [0.5, 0.6) is 5.75 Å². The Morgan fingerprint density at radius 3 is 2.46 bits per heavy atom. The van der Waals surface area contributed by atoms with E-state index < -0.39 is 21.3 Å². The van der Waals surface area contributed by atoms with E-state index in [2.05, 4.69) is 44.8 Å². The van der Waals surface area contributed by atoms with Crippen molar-refractivity contribution < 1.29 is 22.7 Å². The van der Waals surface area contributed by atoms with Gasteiger partial charge >= 0.3 is 0 Å². The highest BCUT2D eigenvalue weighted by Crippen LogP contribution is 2.66. The van der Waals surface area contributed by atoms with E-state index >= 15 is 0 Å². The fourth-order valence-corrected chi connectivity index (χ4v) is 9.81. The maximum atomic E-state index is 14.9. The third-order valence-electron chi connectivity index (χ3n) is 11.6. The van der Waals surface area contributed by atoms with Crippen molar-refractivity contribution in [3.63, 3.8) is 0 Å². The Balaban J connectivity index is 1.33. The molecule has 8 rings (SSSR count). The first-order chi connectivity index (χ1) is 22.1. The SMILES string of the molecule is C=CS(=O)(=O)NC(=O)c1ccc2c(C3CCCCC3)c3n(c2c1)CC1(C(=O)N2C4CCC2CN(C)C4)CC1c1cc(OC)ccc1-3. The lowest BCUT2D eigenvalue weighted by atomic mass is 9.81. The molecule has 10 heteroatoms. The van der Waals surface area contributed by atoms with Crippen LogP contribution in [0.25, 0.3) is 22.2 Å². The minimum absolute atomic E-state index is 0.0718. The number of ether oxygens (including phenoxy) is 1. The molecule has 4 fully saturated rings. The largest absolute Gasteiger partial charge is 0.497 e. The van der Waals surface area contributed by atoms with Crippen molar-refractivity contribution in [3.8, 4) is 17.0 Å². The first-order valence-electron chi connectivity index (χ1n) is 16.7. The average Bonchev–Trinajstić information content (AvgIpc) is 3.64. The highest BCUT2D eigenvalue weighted by atomic mass is 32.2. The molecular formula is C36H42N4O5S. The number of amides is 2. The summed E-state index contributed by atoms with van der Waals surface area (Å²) in [6.45, 7) is 5.66. The second-order valence-corrected chi connectivity index (χ2v) is 15.9. The Morgan fingerprint density at radius 1 is 1.02 bits per heavy atom. The van der Waals surface area contributed by atoms with E-state index in [1.54, 1.807) is 13.2 Å².